The molecule has 15 aromatic rings. The summed E-state index contributed by atoms with van der Waals surface area (Å²) in [5.41, 5.74) is 30.7. The maximum absolute atomic E-state index is 13.2. The lowest BCUT2D eigenvalue weighted by molar-refractivity contribution is -0.385. The average Bonchev–Trinajstić information content (AvgIpc) is 1.30. The molecule has 732 valence electrons. The van der Waals surface area contributed by atoms with Crippen molar-refractivity contribution in [3.63, 3.8) is 0 Å². The first-order valence-corrected chi connectivity index (χ1v) is 47.6. The summed E-state index contributed by atoms with van der Waals surface area (Å²) in [5.74, 6) is 0.166. The Morgan fingerprint density at radius 2 is 0.851 bits per heavy atom. The summed E-state index contributed by atoms with van der Waals surface area (Å²) in [6.07, 6.45) is 10.7. The van der Waals surface area contributed by atoms with Gasteiger partial charge in [-0.3, -0.25) is 49.4 Å². The molecule has 5 saturated heterocycles. The number of fused-ring (bicyclic) bond motifs is 3. The number of aromatic amines is 1. The van der Waals surface area contributed by atoms with Crippen LogP contribution >= 0.6 is 15.9 Å². The van der Waals surface area contributed by atoms with Gasteiger partial charge in [-0.2, -0.15) is 10.2 Å². The van der Waals surface area contributed by atoms with E-state index in [0.717, 1.165) is 237 Å². The number of halogens is 2. The van der Waals surface area contributed by atoms with Crippen LogP contribution in [0.1, 0.15) is 16.7 Å². The number of likely N-dealkylation sites (N-methyl/N-ethyl adjacent to an activating group) is 5. The second-order valence-electron chi connectivity index (χ2n) is 35.2. The number of nitro groups is 2. The zero-order chi connectivity index (χ0) is 99.4. The maximum atomic E-state index is 13.2. The predicted molar refractivity (Wildman–Crippen MR) is 569 cm³/mol. The van der Waals surface area contributed by atoms with Crippen molar-refractivity contribution >= 4 is 124 Å². The summed E-state index contributed by atoms with van der Waals surface area (Å²) in [7, 11) is 16.0. The van der Waals surface area contributed by atoms with Gasteiger partial charge in [-0.15, -0.1) is 0 Å². The lowest BCUT2D eigenvalue weighted by Gasteiger charge is -2.34. The minimum Gasteiger partial charge on any atom is -0.404 e. The van der Waals surface area contributed by atoms with E-state index in [9.17, 15) is 39.0 Å². The highest BCUT2D eigenvalue weighted by Crippen LogP contribution is 2.31. The van der Waals surface area contributed by atoms with Gasteiger partial charge in [-0.25, -0.2) is 19.3 Å². The topological polar surface area (TPSA) is 367 Å². The zero-order valence-electron chi connectivity index (χ0n) is 80.7. The molecule has 0 amide bonds. The van der Waals surface area contributed by atoms with Crippen LogP contribution in [0, 0.1) is 26.0 Å². The van der Waals surface area contributed by atoms with Crippen LogP contribution in [-0.2, 0) is 34.2 Å². The lowest BCUT2D eigenvalue weighted by Crippen LogP contribution is -2.44. The van der Waals surface area contributed by atoms with Crippen LogP contribution in [0.2, 0.25) is 0 Å². The van der Waals surface area contributed by atoms with Crippen molar-refractivity contribution < 1.29 is 14.2 Å². The van der Waals surface area contributed by atoms with E-state index in [1.807, 2.05) is 175 Å². The number of benzene rings is 10. The number of H-pyrrole nitrogens is 1. The molecule has 0 spiro atoms. The highest BCUT2D eigenvalue weighted by molar-refractivity contribution is 9.10. The van der Waals surface area contributed by atoms with E-state index in [0.29, 0.717) is 29.3 Å². The summed E-state index contributed by atoms with van der Waals surface area (Å²) in [6.45, 7) is 22.9. The standard InChI is InChI=1S/C30H31N7O.C23H25N7O.C19H17BrN4O.C11H15N3O2.C11H17N3.C6H4FNO2.C5H12N2/c1-34-14-16-36(17-15-34)26-11-9-25(10-12-26)32-29-30(38)35(2)28-18-23(8-13-27(28)33-29)24-19-31-37(21-24)20-22-6-4-3-5-7-22;1-28-9-11-30(12-10-28)19-6-4-18(5-7-19)26-22-23(31)29(2)21-13-16(3-8-20(21)27-22)17-14-24-25-15-17;1-24-17-9-14(7-8-16(17)23-18(20)19(24)25)15(10-21)12-22-11-13-5-3-2-4-6-13;1-12-6-8-13(9-7-12)10-2-4-11(5-3-10)14(15)16;1-13-6-8-14(9-7-13)11-4-2-10(12)3-5-11;7-5-1-3-6(4-2-5)8(9)10;1-7-4-2-6-3-5-7/h3-13,18-19,21H,14-17,20H2,1-2H3,(H,32,33);3-8,13-15H,9-12H2,1-2H3,(H,24,25)(H,26,27);2-10,12H,11,21H2,1H3;2-5H,6-9H2,1H3;2-5H,6-9,12H2,1H3;1-4H;6H,2-5H2,1H3. The van der Waals surface area contributed by atoms with Crippen molar-refractivity contribution in [1.82, 2.24) is 78.4 Å². The monoisotopic (exact) mass is 1970 g/mol. The van der Waals surface area contributed by atoms with E-state index in [2.05, 4.69) is 195 Å². The minimum absolute atomic E-state index is 0.0959. The molecule has 8 N–H and O–H groups in total. The summed E-state index contributed by atoms with van der Waals surface area (Å²) in [6, 6.07) is 73.4. The number of non-ortho nitro benzene ring substituents is 2. The third kappa shape index (κ3) is 28.3. The van der Waals surface area contributed by atoms with Gasteiger partial charge in [0.25, 0.3) is 28.1 Å². The molecule has 0 bridgehead atoms. The van der Waals surface area contributed by atoms with Crippen LogP contribution in [0.25, 0.3) is 60.9 Å². The van der Waals surface area contributed by atoms with Gasteiger partial charge in [-0.05, 0) is 212 Å². The Balaban J connectivity index is 0.000000139. The SMILES string of the molecule is CN1CCN(c2ccc(N)cc2)CC1.CN1CCN(c2ccc(Nc3nc4ccc(-c5cn[nH]c5)cc4n(C)c3=O)cc2)CC1.CN1CCN(c2ccc(Nc3nc4ccc(-c5cnn(Cc6ccccc6)c5)cc4n(C)c3=O)cc2)CC1.CN1CCN(c2ccc([N+](=O)[O-])cc2)CC1.CN1CCNCC1.Cn1c(=O)c(Br)nc2ccc(C(C=NCc3ccccc3)=CN)cc21.O=[N+]([O-])c1ccc(F)cc1. The number of aromatic nitrogens is 10. The predicted octanol–water partition coefficient (Wildman–Crippen LogP) is 14.0. The summed E-state index contributed by atoms with van der Waals surface area (Å²) in [4.78, 5) is 96.8. The summed E-state index contributed by atoms with van der Waals surface area (Å²) >= 11 is 3.19. The highest BCUT2D eigenvalue weighted by atomic mass is 79.9. The van der Waals surface area contributed by atoms with Crippen molar-refractivity contribution in [3.8, 4) is 22.3 Å². The molecule has 0 atom stereocenters. The Kier molecular flexibility index (Phi) is 35.6. The molecule has 0 aliphatic carbocycles. The molecule has 10 heterocycles. The number of piperazine rings is 5. The Bertz CT molecular complexity index is 6880. The number of nitrogens with zero attached hydrogens (tertiary/aromatic N) is 21. The third-order valence-electron chi connectivity index (χ3n) is 25.1. The van der Waals surface area contributed by atoms with Crippen molar-refractivity contribution in [2.24, 2.45) is 31.9 Å². The smallest absolute Gasteiger partial charge is 0.293 e. The van der Waals surface area contributed by atoms with Crippen molar-refractivity contribution in [2.75, 3.05) is 202 Å². The lowest BCUT2D eigenvalue weighted by atomic mass is 10.1. The third-order valence-corrected chi connectivity index (χ3v) is 25.6. The van der Waals surface area contributed by atoms with Crippen LogP contribution in [-0.4, -0.2) is 255 Å². The minimum atomic E-state index is -0.570. The normalized spacial score (nSPS) is 15.0. The number of nitrogens with one attached hydrogen (secondary N) is 4. The van der Waals surface area contributed by atoms with Gasteiger partial charge in [0.2, 0.25) is 0 Å². The van der Waals surface area contributed by atoms with Crippen LogP contribution in [0.15, 0.2) is 292 Å². The molecule has 0 radical (unpaired) electrons. The molecule has 10 aromatic carbocycles. The number of aryl methyl sites for hydroxylation is 3. The average molecular weight is 1970 g/mol. The van der Waals surface area contributed by atoms with Gasteiger partial charge < -0.3 is 85.2 Å². The van der Waals surface area contributed by atoms with E-state index < -0.39 is 10.7 Å². The van der Waals surface area contributed by atoms with Crippen molar-refractivity contribution in [1.29, 1.82) is 0 Å². The van der Waals surface area contributed by atoms with Crippen LogP contribution in [0.5, 0.6) is 0 Å². The van der Waals surface area contributed by atoms with E-state index in [1.165, 1.54) is 41.9 Å². The maximum Gasteiger partial charge on any atom is 0.293 e. The van der Waals surface area contributed by atoms with Gasteiger partial charge in [0.15, 0.2) is 16.2 Å². The molecule has 5 aliphatic heterocycles. The number of nitro benzene ring substituents is 2. The fourth-order valence-electron chi connectivity index (χ4n) is 16.3. The Morgan fingerprint density at radius 1 is 0.454 bits per heavy atom. The number of rotatable bonds is 18. The number of nitrogen functional groups attached to an aromatic ring is 1. The van der Waals surface area contributed by atoms with E-state index in [4.69, 9.17) is 11.5 Å². The largest absolute Gasteiger partial charge is 0.404 e. The second-order valence-corrected chi connectivity index (χ2v) is 35.9. The van der Waals surface area contributed by atoms with Gasteiger partial charge in [-0.1, -0.05) is 78.9 Å². The first-order valence-electron chi connectivity index (χ1n) is 46.8. The van der Waals surface area contributed by atoms with E-state index in [-0.39, 0.29) is 33.0 Å². The number of hydrogen-bond acceptors (Lipinski definition) is 27. The van der Waals surface area contributed by atoms with Gasteiger partial charge in [0.1, 0.15) is 5.82 Å². The Hall–Kier alpha value is -15.2. The van der Waals surface area contributed by atoms with Crippen molar-refractivity contribution in [2.45, 2.75) is 13.1 Å². The van der Waals surface area contributed by atoms with Crippen LogP contribution in [0.3, 0.4) is 0 Å². The van der Waals surface area contributed by atoms with Gasteiger partial charge in [0, 0.05) is 258 Å². The van der Waals surface area contributed by atoms with Crippen molar-refractivity contribution in [3.05, 3.63) is 346 Å². The summed E-state index contributed by atoms with van der Waals surface area (Å²) in [5, 5.41) is 41.6. The molecule has 5 aromatic heterocycles. The second kappa shape index (κ2) is 49.4. The molecular weight excluding hydrogens is 1850 g/mol. The zero-order valence-corrected chi connectivity index (χ0v) is 82.3. The Morgan fingerprint density at radius 3 is 1.28 bits per heavy atom. The van der Waals surface area contributed by atoms with E-state index in [1.54, 1.807) is 59.4 Å². The molecule has 5 fully saturated rings. The quantitative estimate of drug-likeness (QED) is 0.0201. The Labute approximate surface area is 826 Å². The highest BCUT2D eigenvalue weighted by Gasteiger charge is 2.22. The first-order chi connectivity index (χ1) is 68.2. The van der Waals surface area contributed by atoms with Crippen LogP contribution < -0.4 is 63.7 Å². The molecule has 36 heteroatoms. The molecule has 34 nitrogen and oxygen atoms in total. The molecule has 5 aliphatic rings. The van der Waals surface area contributed by atoms with Crippen LogP contribution in [0.4, 0.5) is 67.2 Å². The molecule has 0 saturated carbocycles. The summed E-state index contributed by atoms with van der Waals surface area (Å²) < 4.78 is 19.2. The number of nitrogens with two attached hydrogens (primary N) is 2. The van der Waals surface area contributed by atoms with E-state index >= 15 is 0 Å². The van der Waals surface area contributed by atoms with Gasteiger partial charge >= 0.3 is 0 Å². The molecule has 20 rings (SSSR count). The fourth-order valence-corrected chi connectivity index (χ4v) is 16.8. The number of aliphatic imine (C=N–C) groups is 1. The van der Waals surface area contributed by atoms with Gasteiger partial charge in [0.05, 0.1) is 68.4 Å². The first kappa shape index (κ1) is 102. The number of allylic oxidation sites excluding steroid dienone is 1. The number of hydrogen-bond donors (Lipinski definition) is 6. The molecule has 141 heavy (non-hydrogen) atoms. The fraction of sp³-hybridized carbons (Fsp3) is 0.286. The number of anilines is 9. The molecule has 0 unspecified atom stereocenters. The molecular formula is C105H121BrFN27O7.